The molecule has 0 atom stereocenters. The maximum Gasteiger partial charge on any atom is 0.210 e. The first-order chi connectivity index (χ1) is 10.4. The van der Waals surface area contributed by atoms with Gasteiger partial charge in [-0.1, -0.05) is 35.9 Å². The Bertz CT molecular complexity index is 882. The van der Waals surface area contributed by atoms with Gasteiger partial charge in [-0.05, 0) is 56.9 Å². The van der Waals surface area contributed by atoms with E-state index < -0.39 is 0 Å². The number of aryl methyl sites for hydroxylation is 4. The van der Waals surface area contributed by atoms with Crippen LogP contribution < -0.4 is 0 Å². The van der Waals surface area contributed by atoms with E-state index in [0.29, 0.717) is 0 Å². The van der Waals surface area contributed by atoms with Gasteiger partial charge in [0.25, 0.3) is 0 Å². The number of rotatable bonds is 2. The molecular formula is C20H21NO. The van der Waals surface area contributed by atoms with Gasteiger partial charge in [0, 0.05) is 11.8 Å². The van der Waals surface area contributed by atoms with Gasteiger partial charge in [0.1, 0.15) is 0 Å². The second-order valence-corrected chi connectivity index (χ2v) is 6.21. The van der Waals surface area contributed by atoms with Gasteiger partial charge in [-0.2, -0.15) is 0 Å². The van der Waals surface area contributed by atoms with Crippen LogP contribution in [0.1, 0.15) is 43.9 Å². The van der Waals surface area contributed by atoms with Crippen LogP contribution in [-0.2, 0) is 0 Å². The van der Waals surface area contributed by atoms with Crippen molar-refractivity contribution in [2.24, 2.45) is 0 Å². The van der Waals surface area contributed by atoms with Gasteiger partial charge < -0.3 is 4.40 Å². The van der Waals surface area contributed by atoms with Crippen molar-refractivity contribution in [3.05, 3.63) is 75.6 Å². The quantitative estimate of drug-likeness (QED) is 0.626. The van der Waals surface area contributed by atoms with Crippen molar-refractivity contribution in [2.45, 2.75) is 34.6 Å². The van der Waals surface area contributed by atoms with E-state index in [-0.39, 0.29) is 5.78 Å². The summed E-state index contributed by atoms with van der Waals surface area (Å²) in [4.78, 5) is 13.0. The zero-order valence-electron chi connectivity index (χ0n) is 13.8. The molecule has 2 nitrogen and oxygen atoms in total. The van der Waals surface area contributed by atoms with E-state index in [1.54, 1.807) is 0 Å². The summed E-state index contributed by atoms with van der Waals surface area (Å²) >= 11 is 0. The molecule has 3 rings (SSSR count). The summed E-state index contributed by atoms with van der Waals surface area (Å²) in [5.74, 6) is 0.0885. The monoisotopic (exact) mass is 291 g/mol. The van der Waals surface area contributed by atoms with Crippen molar-refractivity contribution < 1.29 is 4.79 Å². The molecular weight excluding hydrogens is 270 g/mol. The van der Waals surface area contributed by atoms with Gasteiger partial charge >= 0.3 is 0 Å². The predicted molar refractivity (Wildman–Crippen MR) is 91.0 cm³/mol. The molecule has 0 saturated carbocycles. The third kappa shape index (κ3) is 2.16. The van der Waals surface area contributed by atoms with E-state index in [9.17, 15) is 4.79 Å². The van der Waals surface area contributed by atoms with E-state index >= 15 is 0 Å². The summed E-state index contributed by atoms with van der Waals surface area (Å²) in [5, 5.41) is 0. The lowest BCUT2D eigenvalue weighted by Crippen LogP contribution is -2.07. The van der Waals surface area contributed by atoms with Crippen molar-refractivity contribution >= 4 is 11.3 Å². The summed E-state index contributed by atoms with van der Waals surface area (Å²) < 4.78 is 2.07. The molecule has 0 unspecified atom stereocenters. The fourth-order valence-electron chi connectivity index (χ4n) is 3.22. The molecule has 112 valence electrons. The standard InChI is InChI=1S/C20H21NO/c1-12-6-8-17(9-7-12)20(22)19-16(5)15(4)18-14(3)10-13(2)11-21(18)19/h6-11H,1-5H3. The van der Waals surface area contributed by atoms with E-state index in [2.05, 4.69) is 37.4 Å². The third-order valence-corrected chi connectivity index (χ3v) is 4.43. The van der Waals surface area contributed by atoms with Crippen LogP contribution in [0.5, 0.6) is 0 Å². The SMILES string of the molecule is Cc1ccc(C(=O)c2c(C)c(C)c3c(C)cc(C)cn23)cc1. The largest absolute Gasteiger partial charge is 0.313 e. The molecule has 3 aromatic rings. The van der Waals surface area contributed by atoms with Crippen molar-refractivity contribution in [3.8, 4) is 0 Å². The molecule has 0 bridgehead atoms. The Labute approximate surface area is 131 Å². The summed E-state index contributed by atoms with van der Waals surface area (Å²) in [7, 11) is 0. The first kappa shape index (κ1) is 14.6. The number of nitrogens with zero attached hydrogens (tertiary/aromatic N) is 1. The Kier molecular flexibility index (Phi) is 3.40. The lowest BCUT2D eigenvalue weighted by Gasteiger charge is -2.07. The molecule has 2 heteroatoms. The molecule has 2 aromatic heterocycles. The van der Waals surface area contributed by atoms with Crippen molar-refractivity contribution in [1.29, 1.82) is 0 Å². The van der Waals surface area contributed by atoms with Gasteiger partial charge in [0.15, 0.2) is 0 Å². The van der Waals surface area contributed by atoms with Crippen LogP contribution in [0.25, 0.3) is 5.52 Å². The lowest BCUT2D eigenvalue weighted by atomic mass is 10.0. The summed E-state index contributed by atoms with van der Waals surface area (Å²) in [6.45, 7) is 10.3. The summed E-state index contributed by atoms with van der Waals surface area (Å²) in [6.07, 6.45) is 2.06. The van der Waals surface area contributed by atoms with Crippen molar-refractivity contribution in [2.75, 3.05) is 0 Å². The van der Waals surface area contributed by atoms with Crippen molar-refractivity contribution in [3.63, 3.8) is 0 Å². The van der Waals surface area contributed by atoms with Gasteiger partial charge in [0.05, 0.1) is 11.2 Å². The van der Waals surface area contributed by atoms with Crippen LogP contribution in [0.2, 0.25) is 0 Å². The predicted octanol–water partition coefficient (Wildman–Crippen LogP) is 4.71. The Morgan fingerprint density at radius 1 is 0.864 bits per heavy atom. The van der Waals surface area contributed by atoms with Gasteiger partial charge in [-0.25, -0.2) is 0 Å². The van der Waals surface area contributed by atoms with Crippen LogP contribution in [0.4, 0.5) is 0 Å². The molecule has 0 radical (unpaired) electrons. The average Bonchev–Trinajstić information content (AvgIpc) is 2.71. The molecule has 1 aromatic carbocycles. The molecule has 0 fully saturated rings. The maximum absolute atomic E-state index is 13.0. The molecule has 0 amide bonds. The smallest absolute Gasteiger partial charge is 0.210 e. The van der Waals surface area contributed by atoms with Gasteiger partial charge in [-0.15, -0.1) is 0 Å². The molecule has 0 aliphatic heterocycles. The highest BCUT2D eigenvalue weighted by Crippen LogP contribution is 2.27. The first-order valence-electron chi connectivity index (χ1n) is 7.60. The first-order valence-corrected chi connectivity index (χ1v) is 7.60. The molecule has 0 aliphatic rings. The number of carbonyl (C=O) groups is 1. The zero-order valence-corrected chi connectivity index (χ0v) is 13.8. The highest BCUT2D eigenvalue weighted by Gasteiger charge is 2.20. The second kappa shape index (κ2) is 5.13. The molecule has 0 N–H and O–H groups in total. The van der Waals surface area contributed by atoms with Crippen LogP contribution in [0.3, 0.4) is 0 Å². The number of hydrogen-bond donors (Lipinski definition) is 0. The minimum Gasteiger partial charge on any atom is -0.313 e. The average molecular weight is 291 g/mol. The van der Waals surface area contributed by atoms with E-state index in [1.807, 2.05) is 38.1 Å². The van der Waals surface area contributed by atoms with Gasteiger partial charge in [-0.3, -0.25) is 4.79 Å². The Hall–Kier alpha value is -2.35. The summed E-state index contributed by atoms with van der Waals surface area (Å²) in [5.41, 5.74) is 8.47. The van der Waals surface area contributed by atoms with Crippen LogP contribution in [0, 0.1) is 34.6 Å². The summed E-state index contributed by atoms with van der Waals surface area (Å²) in [6, 6.07) is 9.97. The molecule has 22 heavy (non-hydrogen) atoms. The van der Waals surface area contributed by atoms with E-state index in [0.717, 1.165) is 33.5 Å². The number of fused-ring (bicyclic) bond motifs is 1. The number of benzene rings is 1. The second-order valence-electron chi connectivity index (χ2n) is 6.21. The molecule has 0 saturated heterocycles. The fourth-order valence-corrected chi connectivity index (χ4v) is 3.22. The van der Waals surface area contributed by atoms with E-state index in [4.69, 9.17) is 0 Å². The number of carbonyl (C=O) groups excluding carboxylic acids is 1. The lowest BCUT2D eigenvalue weighted by molar-refractivity contribution is 0.103. The third-order valence-electron chi connectivity index (χ3n) is 4.43. The Balaban J connectivity index is 2.29. The number of aromatic nitrogens is 1. The minimum absolute atomic E-state index is 0.0885. The minimum atomic E-state index is 0.0885. The maximum atomic E-state index is 13.0. The fraction of sp³-hybridized carbons (Fsp3) is 0.250. The van der Waals surface area contributed by atoms with Crippen LogP contribution >= 0.6 is 0 Å². The van der Waals surface area contributed by atoms with Gasteiger partial charge in [0.2, 0.25) is 5.78 Å². The topological polar surface area (TPSA) is 21.5 Å². The number of ketones is 1. The Morgan fingerprint density at radius 2 is 1.50 bits per heavy atom. The highest BCUT2D eigenvalue weighted by molar-refractivity contribution is 6.10. The van der Waals surface area contributed by atoms with Crippen molar-refractivity contribution in [1.82, 2.24) is 4.40 Å². The number of hydrogen-bond acceptors (Lipinski definition) is 1. The zero-order chi connectivity index (χ0) is 16.0. The number of pyridine rings is 1. The molecule has 2 heterocycles. The van der Waals surface area contributed by atoms with E-state index in [1.165, 1.54) is 11.1 Å². The molecule has 0 aliphatic carbocycles. The highest BCUT2D eigenvalue weighted by atomic mass is 16.1. The normalized spacial score (nSPS) is 11.1. The Morgan fingerprint density at radius 3 is 2.14 bits per heavy atom. The van der Waals surface area contributed by atoms with Crippen LogP contribution in [-0.4, -0.2) is 10.2 Å². The molecule has 0 spiro atoms. The van der Waals surface area contributed by atoms with Crippen LogP contribution in [0.15, 0.2) is 36.5 Å².